The van der Waals surface area contributed by atoms with Gasteiger partial charge in [-0.1, -0.05) is 18.2 Å². The molecule has 5 heteroatoms. The third kappa shape index (κ3) is 3.66. The van der Waals surface area contributed by atoms with Gasteiger partial charge in [0, 0.05) is 42.9 Å². The summed E-state index contributed by atoms with van der Waals surface area (Å²) in [5.74, 6) is 0.0133. The first kappa shape index (κ1) is 18.3. The van der Waals surface area contributed by atoms with E-state index in [0.717, 1.165) is 61.5 Å². The van der Waals surface area contributed by atoms with Crippen molar-refractivity contribution in [3.05, 3.63) is 53.3 Å². The molecule has 2 saturated heterocycles. The Balaban J connectivity index is 1.50. The highest BCUT2D eigenvalue weighted by Gasteiger charge is 2.39. The molecule has 3 heterocycles. The number of aryl methyl sites for hydroxylation is 1. The summed E-state index contributed by atoms with van der Waals surface area (Å²) in [5.41, 5.74) is 3.76. The number of amides is 1. The minimum absolute atomic E-state index is 0.0133. The van der Waals surface area contributed by atoms with Gasteiger partial charge in [0.05, 0.1) is 11.2 Å². The van der Waals surface area contributed by atoms with Crippen LogP contribution >= 0.6 is 0 Å². The van der Waals surface area contributed by atoms with E-state index in [1.54, 1.807) is 0 Å². The van der Waals surface area contributed by atoms with Gasteiger partial charge in [0.15, 0.2) is 0 Å². The fraction of sp³-hybridized carbons (Fsp3) is 0.500. The molecule has 2 aromatic rings. The van der Waals surface area contributed by atoms with E-state index < -0.39 is 0 Å². The number of benzene rings is 1. The quantitative estimate of drug-likeness (QED) is 0.901. The first-order valence-corrected chi connectivity index (χ1v) is 9.85. The van der Waals surface area contributed by atoms with E-state index in [9.17, 15) is 4.79 Å². The van der Waals surface area contributed by atoms with Gasteiger partial charge < -0.3 is 19.4 Å². The van der Waals surface area contributed by atoms with E-state index in [2.05, 4.69) is 22.0 Å². The smallest absolute Gasteiger partial charge is 0.253 e. The van der Waals surface area contributed by atoms with Crippen molar-refractivity contribution in [1.82, 2.24) is 9.88 Å². The molecule has 1 amide bonds. The second-order valence-corrected chi connectivity index (χ2v) is 7.76. The van der Waals surface area contributed by atoms with E-state index in [0.29, 0.717) is 6.61 Å². The molecule has 1 aromatic carbocycles. The van der Waals surface area contributed by atoms with Crippen LogP contribution in [0.2, 0.25) is 0 Å². The number of aromatic nitrogens is 1. The minimum Gasteiger partial charge on any atom is -0.381 e. The van der Waals surface area contributed by atoms with Gasteiger partial charge in [0.25, 0.3) is 5.91 Å². The summed E-state index contributed by atoms with van der Waals surface area (Å²) in [6.07, 6.45) is 3.58. The molecule has 2 fully saturated rings. The topological polar surface area (TPSA) is 52.5 Å². The lowest BCUT2D eigenvalue weighted by molar-refractivity contribution is -0.139. The van der Waals surface area contributed by atoms with Gasteiger partial charge in [-0.2, -0.15) is 0 Å². The number of carbonyl (C=O) groups is 1. The highest BCUT2D eigenvalue weighted by Crippen LogP contribution is 2.34. The van der Waals surface area contributed by atoms with Gasteiger partial charge in [-0.3, -0.25) is 4.79 Å². The number of nitrogens with zero attached hydrogens (tertiary/aromatic N) is 1. The van der Waals surface area contributed by atoms with E-state index in [1.165, 1.54) is 0 Å². The summed E-state index contributed by atoms with van der Waals surface area (Å²) in [6, 6.07) is 12.3. The summed E-state index contributed by atoms with van der Waals surface area (Å²) >= 11 is 0. The molecule has 1 atom stereocenters. The van der Waals surface area contributed by atoms with Crippen LogP contribution in [0.1, 0.15) is 47.4 Å². The molecule has 0 radical (unpaired) electrons. The Kier molecular flexibility index (Phi) is 5.06. The van der Waals surface area contributed by atoms with Crippen molar-refractivity contribution in [2.24, 2.45) is 0 Å². The SMILES string of the molecule is Cc1cc(C(=O)N[C@H]2CCOC3(CCOCC3)C2)c(C)n1-c1ccccc1. The molecule has 2 aliphatic rings. The van der Waals surface area contributed by atoms with Crippen molar-refractivity contribution in [2.75, 3.05) is 19.8 Å². The Bertz CT molecular complexity index is 801. The molecule has 144 valence electrons. The second-order valence-electron chi connectivity index (χ2n) is 7.76. The molecule has 5 nitrogen and oxygen atoms in total. The van der Waals surface area contributed by atoms with Gasteiger partial charge in [0.1, 0.15) is 0 Å². The molecular weight excluding hydrogens is 340 g/mol. The van der Waals surface area contributed by atoms with Gasteiger partial charge in [-0.05, 0) is 57.7 Å². The van der Waals surface area contributed by atoms with Crippen LogP contribution in [0, 0.1) is 13.8 Å². The summed E-state index contributed by atoms with van der Waals surface area (Å²) in [6.45, 7) is 6.26. The number of ether oxygens (including phenoxy) is 2. The third-order valence-electron chi connectivity index (χ3n) is 5.92. The number of para-hydroxylation sites is 1. The van der Waals surface area contributed by atoms with Gasteiger partial charge in [-0.15, -0.1) is 0 Å². The van der Waals surface area contributed by atoms with Gasteiger partial charge in [0.2, 0.25) is 0 Å². The lowest BCUT2D eigenvalue weighted by atomic mass is 9.84. The van der Waals surface area contributed by atoms with Crippen LogP contribution < -0.4 is 5.32 Å². The summed E-state index contributed by atoms with van der Waals surface area (Å²) in [4.78, 5) is 13.0. The molecule has 0 bridgehead atoms. The predicted octanol–water partition coefficient (Wildman–Crippen LogP) is 3.55. The van der Waals surface area contributed by atoms with Crippen molar-refractivity contribution in [2.45, 2.75) is 51.2 Å². The Hall–Kier alpha value is -2.11. The van der Waals surface area contributed by atoms with E-state index in [1.807, 2.05) is 38.1 Å². The molecule has 0 aliphatic carbocycles. The second kappa shape index (κ2) is 7.49. The average Bonchev–Trinajstić information content (AvgIpc) is 2.97. The zero-order valence-corrected chi connectivity index (χ0v) is 16.2. The minimum atomic E-state index is -0.116. The van der Waals surface area contributed by atoms with Crippen LogP contribution in [-0.4, -0.2) is 41.9 Å². The Morgan fingerprint density at radius 3 is 2.63 bits per heavy atom. The van der Waals surface area contributed by atoms with Crippen molar-refractivity contribution in [3.63, 3.8) is 0 Å². The molecule has 27 heavy (non-hydrogen) atoms. The average molecular weight is 368 g/mol. The number of carbonyl (C=O) groups excluding carboxylic acids is 1. The molecule has 4 rings (SSSR count). The van der Waals surface area contributed by atoms with Crippen molar-refractivity contribution in [3.8, 4) is 5.69 Å². The van der Waals surface area contributed by atoms with Crippen LogP contribution in [0.25, 0.3) is 5.69 Å². The van der Waals surface area contributed by atoms with Gasteiger partial charge in [-0.25, -0.2) is 0 Å². The van der Waals surface area contributed by atoms with Crippen LogP contribution in [-0.2, 0) is 9.47 Å². The van der Waals surface area contributed by atoms with Crippen LogP contribution in [0.5, 0.6) is 0 Å². The monoisotopic (exact) mass is 368 g/mol. The number of nitrogens with one attached hydrogen (secondary N) is 1. The zero-order chi connectivity index (χ0) is 18.9. The number of hydrogen-bond acceptors (Lipinski definition) is 3. The largest absolute Gasteiger partial charge is 0.381 e. The Morgan fingerprint density at radius 1 is 1.15 bits per heavy atom. The van der Waals surface area contributed by atoms with Crippen LogP contribution in [0.3, 0.4) is 0 Å². The van der Waals surface area contributed by atoms with Crippen LogP contribution in [0.4, 0.5) is 0 Å². The summed E-state index contributed by atoms with van der Waals surface area (Å²) in [5, 5.41) is 3.27. The highest BCUT2D eigenvalue weighted by molar-refractivity contribution is 5.96. The Morgan fingerprint density at radius 2 is 1.89 bits per heavy atom. The molecule has 0 unspecified atom stereocenters. The lowest BCUT2D eigenvalue weighted by Crippen LogP contribution is -2.51. The number of hydrogen-bond donors (Lipinski definition) is 1. The fourth-order valence-corrected chi connectivity index (χ4v) is 4.47. The first-order valence-electron chi connectivity index (χ1n) is 9.85. The maximum atomic E-state index is 13.0. The first-order chi connectivity index (χ1) is 13.1. The molecule has 1 spiro atoms. The van der Waals surface area contributed by atoms with Crippen molar-refractivity contribution < 1.29 is 14.3 Å². The normalized spacial score (nSPS) is 21.9. The lowest BCUT2D eigenvalue weighted by Gasteiger charge is -2.43. The third-order valence-corrected chi connectivity index (χ3v) is 5.92. The zero-order valence-electron chi connectivity index (χ0n) is 16.2. The van der Waals surface area contributed by atoms with Crippen molar-refractivity contribution in [1.29, 1.82) is 0 Å². The summed E-state index contributed by atoms with van der Waals surface area (Å²) < 4.78 is 13.7. The number of rotatable bonds is 3. The standard InChI is InChI=1S/C22H28N2O3/c1-16-14-20(17(2)24(16)19-6-4-3-5-7-19)21(25)23-18-8-11-27-22(15-18)9-12-26-13-10-22/h3-7,14,18H,8-13,15H2,1-2H3,(H,23,25)/t18-/m0/s1. The van der Waals surface area contributed by atoms with E-state index in [4.69, 9.17) is 9.47 Å². The van der Waals surface area contributed by atoms with E-state index in [-0.39, 0.29) is 17.6 Å². The Labute approximate surface area is 160 Å². The van der Waals surface area contributed by atoms with Gasteiger partial charge >= 0.3 is 0 Å². The molecule has 1 aromatic heterocycles. The molecule has 1 N–H and O–H groups in total. The fourth-order valence-electron chi connectivity index (χ4n) is 4.47. The maximum absolute atomic E-state index is 13.0. The molecule has 2 aliphatic heterocycles. The van der Waals surface area contributed by atoms with Crippen LogP contribution in [0.15, 0.2) is 36.4 Å². The molecule has 0 saturated carbocycles. The summed E-state index contributed by atoms with van der Waals surface area (Å²) in [7, 11) is 0. The molecular formula is C22H28N2O3. The van der Waals surface area contributed by atoms with Crippen molar-refractivity contribution >= 4 is 5.91 Å². The predicted molar refractivity (Wildman–Crippen MR) is 104 cm³/mol. The maximum Gasteiger partial charge on any atom is 0.253 e. The van der Waals surface area contributed by atoms with E-state index >= 15 is 0 Å². The highest BCUT2D eigenvalue weighted by atomic mass is 16.5.